The first-order chi connectivity index (χ1) is 19.5. The highest BCUT2D eigenvalue weighted by molar-refractivity contribution is 5.88. The Kier molecular flexibility index (Phi) is 6.54. The van der Waals surface area contributed by atoms with Gasteiger partial charge in [0.25, 0.3) is 0 Å². The SMILES string of the molecule is C=C(CC(=O)N1CCN(c2ccc(-c3cc(-c4cnn(C)c4)cn4ncc(C#N)c34)cn2)CC1)c1ccccn1. The van der Waals surface area contributed by atoms with Gasteiger partial charge in [-0.3, -0.25) is 14.5 Å². The molecular weight excluding hydrogens is 502 g/mol. The molecule has 5 aromatic heterocycles. The summed E-state index contributed by atoms with van der Waals surface area (Å²) in [7, 11) is 1.88. The van der Waals surface area contributed by atoms with Crippen LogP contribution >= 0.6 is 0 Å². The summed E-state index contributed by atoms with van der Waals surface area (Å²) >= 11 is 0. The lowest BCUT2D eigenvalue weighted by molar-refractivity contribution is -0.130. The molecular formula is C30H27N9O. The molecule has 0 unspecified atom stereocenters. The molecule has 10 heteroatoms. The Morgan fingerprint density at radius 1 is 0.975 bits per heavy atom. The van der Waals surface area contributed by atoms with E-state index in [0.29, 0.717) is 31.7 Å². The molecule has 40 heavy (non-hydrogen) atoms. The predicted molar refractivity (Wildman–Crippen MR) is 152 cm³/mol. The van der Waals surface area contributed by atoms with E-state index in [1.54, 1.807) is 27.8 Å². The number of hydrogen-bond donors (Lipinski definition) is 0. The van der Waals surface area contributed by atoms with Crippen LogP contribution in [0.2, 0.25) is 0 Å². The number of rotatable bonds is 6. The van der Waals surface area contributed by atoms with Crippen LogP contribution in [0.3, 0.4) is 0 Å². The van der Waals surface area contributed by atoms with Gasteiger partial charge in [0.1, 0.15) is 11.9 Å². The van der Waals surface area contributed by atoms with Gasteiger partial charge >= 0.3 is 0 Å². The van der Waals surface area contributed by atoms with Crippen molar-refractivity contribution in [3.05, 3.63) is 91.4 Å². The Labute approximate surface area is 231 Å². The first kappa shape index (κ1) is 25.0. The molecule has 0 N–H and O–H groups in total. The molecule has 0 radical (unpaired) electrons. The van der Waals surface area contributed by atoms with Crippen LogP contribution in [0.25, 0.3) is 33.3 Å². The van der Waals surface area contributed by atoms with Crippen molar-refractivity contribution in [2.45, 2.75) is 6.42 Å². The fraction of sp³-hybridized carbons (Fsp3) is 0.200. The van der Waals surface area contributed by atoms with Crippen LogP contribution in [-0.2, 0) is 11.8 Å². The molecule has 1 fully saturated rings. The highest BCUT2D eigenvalue weighted by atomic mass is 16.2. The number of carbonyl (C=O) groups excluding carboxylic acids is 1. The van der Waals surface area contributed by atoms with E-state index in [1.807, 2.05) is 60.9 Å². The molecule has 0 atom stereocenters. The van der Waals surface area contributed by atoms with Crippen LogP contribution in [-0.4, -0.2) is 66.3 Å². The molecule has 6 rings (SSSR count). The first-order valence-corrected chi connectivity index (χ1v) is 13.0. The van der Waals surface area contributed by atoms with Crippen LogP contribution < -0.4 is 4.90 Å². The summed E-state index contributed by atoms with van der Waals surface area (Å²) in [4.78, 5) is 26.0. The number of fused-ring (bicyclic) bond motifs is 1. The summed E-state index contributed by atoms with van der Waals surface area (Å²) in [6.45, 7) is 6.66. The predicted octanol–water partition coefficient (Wildman–Crippen LogP) is 3.82. The summed E-state index contributed by atoms with van der Waals surface area (Å²) in [6.07, 6.45) is 11.0. The van der Waals surface area contributed by atoms with Crippen molar-refractivity contribution in [2.24, 2.45) is 7.05 Å². The first-order valence-electron chi connectivity index (χ1n) is 13.0. The number of nitriles is 1. The van der Waals surface area contributed by atoms with Gasteiger partial charge < -0.3 is 9.80 Å². The Hall–Kier alpha value is -5.30. The van der Waals surface area contributed by atoms with E-state index in [0.717, 1.165) is 44.9 Å². The van der Waals surface area contributed by atoms with Crippen LogP contribution in [0.15, 0.2) is 80.2 Å². The maximum atomic E-state index is 12.9. The normalized spacial score (nSPS) is 13.4. The van der Waals surface area contributed by atoms with Crippen LogP contribution in [0.5, 0.6) is 0 Å². The third-order valence-electron chi connectivity index (χ3n) is 7.18. The minimum atomic E-state index is 0.0604. The molecule has 0 aromatic carbocycles. The highest BCUT2D eigenvalue weighted by Crippen LogP contribution is 2.32. The van der Waals surface area contributed by atoms with E-state index in [2.05, 4.69) is 38.8 Å². The third kappa shape index (κ3) is 4.80. The van der Waals surface area contributed by atoms with Crippen molar-refractivity contribution in [2.75, 3.05) is 31.1 Å². The molecule has 0 aliphatic carbocycles. The highest BCUT2D eigenvalue weighted by Gasteiger charge is 2.23. The average molecular weight is 530 g/mol. The van der Waals surface area contributed by atoms with E-state index in [9.17, 15) is 10.1 Å². The van der Waals surface area contributed by atoms with Gasteiger partial charge in [-0.1, -0.05) is 12.6 Å². The number of carbonyl (C=O) groups is 1. The molecule has 0 spiro atoms. The Bertz CT molecular complexity index is 1740. The molecule has 6 heterocycles. The molecule has 0 bridgehead atoms. The zero-order valence-corrected chi connectivity index (χ0v) is 22.1. The van der Waals surface area contributed by atoms with Gasteiger partial charge in [-0.05, 0) is 35.9 Å². The number of hydrogen-bond acceptors (Lipinski definition) is 7. The monoisotopic (exact) mass is 529 g/mol. The van der Waals surface area contributed by atoms with Crippen molar-refractivity contribution >= 4 is 22.8 Å². The van der Waals surface area contributed by atoms with Crippen molar-refractivity contribution in [3.63, 3.8) is 0 Å². The van der Waals surface area contributed by atoms with Gasteiger partial charge in [0.05, 0.1) is 35.6 Å². The standard InChI is InChI=1S/C30H27N9O/c1-21(27-5-3-4-8-32-27)13-29(40)38-11-9-37(10-12-38)28-7-6-22(16-33-28)26-14-23(25-18-34-36(2)19-25)20-39-30(26)24(15-31)17-35-39/h3-8,14,16-20H,1,9-13H2,2H3. The second kappa shape index (κ2) is 10.5. The molecule has 10 nitrogen and oxygen atoms in total. The van der Waals surface area contributed by atoms with Gasteiger partial charge in [0.15, 0.2) is 0 Å². The minimum Gasteiger partial charge on any atom is -0.353 e. The zero-order valence-electron chi connectivity index (χ0n) is 22.1. The Morgan fingerprint density at radius 3 is 2.50 bits per heavy atom. The second-order valence-electron chi connectivity index (χ2n) is 9.78. The number of amides is 1. The number of aryl methyl sites for hydroxylation is 1. The van der Waals surface area contributed by atoms with E-state index < -0.39 is 0 Å². The Balaban J connectivity index is 1.18. The van der Waals surface area contributed by atoms with Gasteiger partial charge in [-0.2, -0.15) is 15.5 Å². The lowest BCUT2D eigenvalue weighted by Crippen LogP contribution is -2.49. The molecule has 198 valence electrons. The molecule has 5 aromatic rings. The largest absolute Gasteiger partial charge is 0.353 e. The van der Waals surface area contributed by atoms with Crippen molar-refractivity contribution in [3.8, 4) is 28.3 Å². The zero-order chi connectivity index (χ0) is 27.6. The molecule has 1 saturated heterocycles. The van der Waals surface area contributed by atoms with Gasteiger partial charge in [0.2, 0.25) is 5.91 Å². The molecule has 0 saturated carbocycles. The fourth-order valence-electron chi connectivity index (χ4n) is 5.03. The van der Waals surface area contributed by atoms with Crippen LogP contribution in [0.1, 0.15) is 17.7 Å². The molecule has 1 amide bonds. The van der Waals surface area contributed by atoms with Gasteiger partial charge in [-0.25, -0.2) is 9.50 Å². The fourth-order valence-corrected chi connectivity index (χ4v) is 5.03. The van der Waals surface area contributed by atoms with Crippen molar-refractivity contribution < 1.29 is 4.79 Å². The summed E-state index contributed by atoms with van der Waals surface area (Å²) in [5.41, 5.74) is 6.38. The van der Waals surface area contributed by atoms with E-state index in [4.69, 9.17) is 4.98 Å². The maximum absolute atomic E-state index is 12.9. The van der Waals surface area contributed by atoms with E-state index in [1.165, 1.54) is 0 Å². The van der Waals surface area contributed by atoms with Gasteiger partial charge in [0, 0.05) is 80.3 Å². The summed E-state index contributed by atoms with van der Waals surface area (Å²) in [5, 5.41) is 18.4. The topological polar surface area (TPSA) is 108 Å². The van der Waals surface area contributed by atoms with E-state index in [-0.39, 0.29) is 12.3 Å². The number of nitrogens with zero attached hydrogens (tertiary/aromatic N) is 9. The smallest absolute Gasteiger partial charge is 0.227 e. The second-order valence-corrected chi connectivity index (χ2v) is 9.78. The van der Waals surface area contributed by atoms with Crippen molar-refractivity contribution in [1.82, 2.24) is 34.3 Å². The van der Waals surface area contributed by atoms with Crippen molar-refractivity contribution in [1.29, 1.82) is 5.26 Å². The number of piperazine rings is 1. The summed E-state index contributed by atoms with van der Waals surface area (Å²) in [6, 6.07) is 13.9. The molecule has 1 aliphatic rings. The number of aromatic nitrogens is 6. The third-order valence-corrected chi connectivity index (χ3v) is 7.18. The number of anilines is 1. The quantitative estimate of drug-likeness (QED) is 0.329. The van der Waals surface area contributed by atoms with Crippen LogP contribution in [0, 0.1) is 11.3 Å². The van der Waals surface area contributed by atoms with E-state index >= 15 is 0 Å². The van der Waals surface area contributed by atoms with Crippen LogP contribution in [0.4, 0.5) is 5.82 Å². The lowest BCUT2D eigenvalue weighted by Gasteiger charge is -2.35. The minimum absolute atomic E-state index is 0.0604. The Morgan fingerprint density at radius 2 is 1.82 bits per heavy atom. The number of pyridine rings is 3. The lowest BCUT2D eigenvalue weighted by atomic mass is 10.0. The maximum Gasteiger partial charge on any atom is 0.227 e. The average Bonchev–Trinajstić information content (AvgIpc) is 3.63. The summed E-state index contributed by atoms with van der Waals surface area (Å²) < 4.78 is 3.49. The molecule has 1 aliphatic heterocycles. The van der Waals surface area contributed by atoms with Gasteiger partial charge in [-0.15, -0.1) is 0 Å². The summed E-state index contributed by atoms with van der Waals surface area (Å²) in [5.74, 6) is 0.910.